The Hall–Kier alpha value is -2.26. The first-order valence-corrected chi connectivity index (χ1v) is 6.99. The van der Waals surface area contributed by atoms with Gasteiger partial charge in [0.2, 0.25) is 0 Å². The molecule has 2 rings (SSSR count). The Morgan fingerprint density at radius 2 is 1.55 bits per heavy atom. The fraction of sp³-hybridized carbons (Fsp3) is 0.200. The molecule has 0 heteroatoms. The molecular formula is C20H20. The van der Waals surface area contributed by atoms with E-state index in [1.807, 2.05) is 36.4 Å². The molecule has 0 amide bonds. The highest BCUT2D eigenvalue weighted by molar-refractivity contribution is 5.41. The molecule has 0 heterocycles. The average molecular weight is 260 g/mol. The quantitative estimate of drug-likeness (QED) is 0.540. The van der Waals surface area contributed by atoms with Crippen LogP contribution in [0.4, 0.5) is 0 Å². The lowest BCUT2D eigenvalue weighted by molar-refractivity contribution is 0.630. The fourth-order valence-corrected chi connectivity index (χ4v) is 2.13. The normalized spacial score (nSPS) is 13.5. The van der Waals surface area contributed by atoms with Gasteiger partial charge in [-0.15, -0.1) is 0 Å². The second-order valence-electron chi connectivity index (χ2n) is 5.09. The minimum atomic E-state index is -0.149. The third-order valence-electron chi connectivity index (χ3n) is 3.43. The number of hydrogen-bond acceptors (Lipinski definition) is 0. The predicted octanol–water partition coefficient (Wildman–Crippen LogP) is 4.96. The zero-order valence-corrected chi connectivity index (χ0v) is 12.1. The average Bonchev–Trinajstić information content (AvgIpc) is 2.53. The molecule has 20 heavy (non-hydrogen) atoms. The van der Waals surface area contributed by atoms with Gasteiger partial charge in [-0.1, -0.05) is 72.5 Å². The molecule has 0 saturated heterocycles. The maximum Gasteiger partial charge on any atom is 0.0572 e. The standard InChI is InChI=1S/C20H20/c1-3-4-16-20(2,19-13-9-6-10-14-19)17-15-18-11-7-5-8-12-18/h3-14H,16H2,1-2H3/b4-3+/t20-/m0/s1. The highest BCUT2D eigenvalue weighted by Crippen LogP contribution is 2.27. The summed E-state index contributed by atoms with van der Waals surface area (Å²) in [6.07, 6.45) is 5.20. The summed E-state index contributed by atoms with van der Waals surface area (Å²) in [5.41, 5.74) is 2.18. The van der Waals surface area contributed by atoms with Crippen molar-refractivity contribution in [2.24, 2.45) is 0 Å². The van der Waals surface area contributed by atoms with Gasteiger partial charge in [-0.2, -0.15) is 0 Å². The molecule has 2 aromatic rings. The van der Waals surface area contributed by atoms with Gasteiger partial charge in [0.25, 0.3) is 0 Å². The van der Waals surface area contributed by atoms with Crippen LogP contribution in [0.15, 0.2) is 72.8 Å². The van der Waals surface area contributed by atoms with Crippen LogP contribution >= 0.6 is 0 Å². The van der Waals surface area contributed by atoms with E-state index in [-0.39, 0.29) is 5.41 Å². The number of allylic oxidation sites excluding steroid dienone is 2. The van der Waals surface area contributed by atoms with E-state index in [9.17, 15) is 0 Å². The Labute approximate surface area is 122 Å². The van der Waals surface area contributed by atoms with E-state index in [0.29, 0.717) is 0 Å². The molecule has 0 aliphatic rings. The molecule has 0 N–H and O–H groups in total. The van der Waals surface area contributed by atoms with E-state index in [4.69, 9.17) is 0 Å². The Morgan fingerprint density at radius 3 is 2.15 bits per heavy atom. The van der Waals surface area contributed by atoms with Gasteiger partial charge < -0.3 is 0 Å². The van der Waals surface area contributed by atoms with Crippen LogP contribution in [0.1, 0.15) is 31.4 Å². The third kappa shape index (κ3) is 3.62. The molecule has 0 nitrogen and oxygen atoms in total. The topological polar surface area (TPSA) is 0 Å². The molecule has 0 fully saturated rings. The molecule has 0 unspecified atom stereocenters. The highest BCUT2D eigenvalue weighted by Gasteiger charge is 2.22. The van der Waals surface area contributed by atoms with E-state index in [1.165, 1.54) is 5.56 Å². The number of hydrogen-bond donors (Lipinski definition) is 0. The number of benzene rings is 2. The maximum atomic E-state index is 3.46. The maximum absolute atomic E-state index is 3.46. The van der Waals surface area contributed by atoms with Crippen LogP contribution < -0.4 is 0 Å². The Morgan fingerprint density at radius 1 is 0.950 bits per heavy atom. The van der Waals surface area contributed by atoms with Gasteiger partial charge in [0, 0.05) is 5.56 Å². The SMILES string of the molecule is C/C=C/C[C@@](C)(C#Cc1ccccc1)c1ccccc1. The molecule has 0 spiro atoms. The first-order valence-electron chi connectivity index (χ1n) is 6.99. The summed E-state index contributed by atoms with van der Waals surface area (Å²) in [4.78, 5) is 0. The Balaban J connectivity index is 2.36. The van der Waals surface area contributed by atoms with Crippen molar-refractivity contribution in [3.8, 4) is 11.8 Å². The summed E-state index contributed by atoms with van der Waals surface area (Å²) in [5.74, 6) is 6.77. The summed E-state index contributed by atoms with van der Waals surface area (Å²) < 4.78 is 0. The smallest absolute Gasteiger partial charge is 0.0572 e. The predicted molar refractivity (Wildman–Crippen MR) is 86.5 cm³/mol. The lowest BCUT2D eigenvalue weighted by Gasteiger charge is -2.22. The van der Waals surface area contributed by atoms with Gasteiger partial charge in [-0.25, -0.2) is 0 Å². The van der Waals surface area contributed by atoms with Crippen molar-refractivity contribution < 1.29 is 0 Å². The van der Waals surface area contributed by atoms with E-state index in [0.717, 1.165) is 12.0 Å². The van der Waals surface area contributed by atoms with Crippen molar-refractivity contribution in [1.29, 1.82) is 0 Å². The lowest BCUT2D eigenvalue weighted by atomic mass is 9.80. The van der Waals surface area contributed by atoms with Gasteiger partial charge >= 0.3 is 0 Å². The van der Waals surface area contributed by atoms with E-state index in [2.05, 4.69) is 62.1 Å². The minimum Gasteiger partial charge on any atom is -0.0916 e. The van der Waals surface area contributed by atoms with Crippen molar-refractivity contribution in [1.82, 2.24) is 0 Å². The van der Waals surface area contributed by atoms with Crippen LogP contribution in [0, 0.1) is 11.8 Å². The molecule has 0 saturated carbocycles. The minimum absolute atomic E-state index is 0.149. The van der Waals surface area contributed by atoms with Gasteiger partial charge in [-0.05, 0) is 38.0 Å². The van der Waals surface area contributed by atoms with Gasteiger partial charge in [-0.3, -0.25) is 0 Å². The zero-order chi connectivity index (χ0) is 14.3. The lowest BCUT2D eigenvalue weighted by Crippen LogP contribution is -2.18. The van der Waals surface area contributed by atoms with Gasteiger partial charge in [0.15, 0.2) is 0 Å². The summed E-state index contributed by atoms with van der Waals surface area (Å²) in [5, 5.41) is 0. The zero-order valence-electron chi connectivity index (χ0n) is 12.1. The van der Waals surface area contributed by atoms with Crippen molar-refractivity contribution in [3.63, 3.8) is 0 Å². The van der Waals surface area contributed by atoms with Gasteiger partial charge in [0.05, 0.1) is 5.41 Å². The Bertz CT molecular complexity index is 611. The fourth-order valence-electron chi connectivity index (χ4n) is 2.13. The largest absolute Gasteiger partial charge is 0.0916 e. The molecule has 0 bridgehead atoms. The molecule has 0 radical (unpaired) electrons. The van der Waals surface area contributed by atoms with Crippen LogP contribution in [0.25, 0.3) is 0 Å². The molecule has 1 atom stereocenters. The van der Waals surface area contributed by atoms with Crippen LogP contribution in [0.5, 0.6) is 0 Å². The van der Waals surface area contributed by atoms with Crippen molar-refractivity contribution >= 4 is 0 Å². The van der Waals surface area contributed by atoms with E-state index < -0.39 is 0 Å². The van der Waals surface area contributed by atoms with Crippen LogP contribution in [-0.2, 0) is 5.41 Å². The van der Waals surface area contributed by atoms with Crippen molar-refractivity contribution in [3.05, 3.63) is 83.9 Å². The second kappa shape index (κ2) is 6.78. The first-order chi connectivity index (χ1) is 9.74. The molecule has 0 aromatic heterocycles. The third-order valence-corrected chi connectivity index (χ3v) is 3.43. The molecule has 0 aliphatic heterocycles. The molecular weight excluding hydrogens is 240 g/mol. The van der Waals surface area contributed by atoms with Gasteiger partial charge in [0.1, 0.15) is 0 Å². The molecule has 100 valence electrons. The van der Waals surface area contributed by atoms with Crippen LogP contribution in [0.3, 0.4) is 0 Å². The summed E-state index contributed by atoms with van der Waals surface area (Å²) in [7, 11) is 0. The molecule has 0 aliphatic carbocycles. The van der Waals surface area contributed by atoms with Crippen molar-refractivity contribution in [2.75, 3.05) is 0 Å². The van der Waals surface area contributed by atoms with E-state index in [1.54, 1.807) is 0 Å². The van der Waals surface area contributed by atoms with E-state index >= 15 is 0 Å². The highest BCUT2D eigenvalue weighted by atomic mass is 14.2. The molecule has 2 aromatic carbocycles. The Kier molecular flexibility index (Phi) is 4.80. The summed E-state index contributed by atoms with van der Waals surface area (Å²) in [6, 6.07) is 20.7. The van der Waals surface area contributed by atoms with Crippen molar-refractivity contribution in [2.45, 2.75) is 25.7 Å². The monoisotopic (exact) mass is 260 g/mol. The summed E-state index contributed by atoms with van der Waals surface area (Å²) >= 11 is 0. The number of rotatable bonds is 3. The first kappa shape index (κ1) is 14.2. The van der Waals surface area contributed by atoms with Crippen LogP contribution in [0.2, 0.25) is 0 Å². The second-order valence-corrected chi connectivity index (χ2v) is 5.09. The van der Waals surface area contributed by atoms with Crippen LogP contribution in [-0.4, -0.2) is 0 Å². The summed E-state index contributed by atoms with van der Waals surface area (Å²) in [6.45, 7) is 4.26.